The molecule has 0 aliphatic carbocycles. The number of hydrogen-bond acceptors (Lipinski definition) is 3. The molecule has 3 atom stereocenters. The first-order valence-electron chi connectivity index (χ1n) is 6.62. The van der Waals surface area contributed by atoms with E-state index in [4.69, 9.17) is 16.7 Å². The van der Waals surface area contributed by atoms with Gasteiger partial charge in [-0.15, -0.1) is 0 Å². The standard InChI is InChI=1S/C14H17ClN2O4/c1-8(10-4-2-3-5-11(10)15)16-14(21)17-7-9(18)6-12(17)13(19)20/h2-5,8-9,12,18H,6-7H2,1H3,(H,16,21)(H,19,20)/t8?,9-,12-/m1/s1. The molecule has 0 saturated carbocycles. The molecule has 21 heavy (non-hydrogen) atoms. The van der Waals surface area contributed by atoms with E-state index in [0.717, 1.165) is 10.5 Å². The number of carboxylic acid groups (broad SMARTS) is 1. The molecule has 0 aromatic heterocycles. The van der Waals surface area contributed by atoms with E-state index in [1.54, 1.807) is 25.1 Å². The first-order chi connectivity index (χ1) is 9.90. The van der Waals surface area contributed by atoms with E-state index < -0.39 is 24.1 Å². The van der Waals surface area contributed by atoms with Gasteiger partial charge in [-0.3, -0.25) is 0 Å². The van der Waals surface area contributed by atoms with Crippen LogP contribution in [0.4, 0.5) is 4.79 Å². The Hall–Kier alpha value is -1.79. The minimum absolute atomic E-state index is 0.0119. The molecule has 6 nitrogen and oxygen atoms in total. The molecule has 3 N–H and O–H groups in total. The summed E-state index contributed by atoms with van der Waals surface area (Å²) in [6.45, 7) is 1.78. The van der Waals surface area contributed by atoms with Crippen LogP contribution in [0.15, 0.2) is 24.3 Å². The lowest BCUT2D eigenvalue weighted by atomic mass is 10.1. The Morgan fingerprint density at radius 3 is 2.71 bits per heavy atom. The molecule has 1 unspecified atom stereocenters. The number of hydrogen-bond donors (Lipinski definition) is 3. The third-order valence-electron chi connectivity index (χ3n) is 3.54. The molecule has 1 aromatic carbocycles. The fraction of sp³-hybridized carbons (Fsp3) is 0.429. The third kappa shape index (κ3) is 3.46. The first-order valence-corrected chi connectivity index (χ1v) is 7.00. The maximum absolute atomic E-state index is 12.2. The van der Waals surface area contributed by atoms with Gasteiger partial charge in [0.2, 0.25) is 0 Å². The number of likely N-dealkylation sites (tertiary alicyclic amines) is 1. The number of nitrogens with one attached hydrogen (secondary N) is 1. The van der Waals surface area contributed by atoms with Crippen LogP contribution in [-0.4, -0.2) is 45.8 Å². The molecule has 1 fully saturated rings. The van der Waals surface area contributed by atoms with E-state index in [2.05, 4.69) is 5.32 Å². The molecule has 1 heterocycles. The van der Waals surface area contributed by atoms with Crippen LogP contribution in [-0.2, 0) is 4.79 Å². The van der Waals surface area contributed by atoms with Gasteiger partial charge >= 0.3 is 12.0 Å². The van der Waals surface area contributed by atoms with E-state index in [0.29, 0.717) is 5.02 Å². The van der Waals surface area contributed by atoms with Crippen molar-refractivity contribution in [1.82, 2.24) is 10.2 Å². The number of aliphatic hydroxyl groups is 1. The van der Waals surface area contributed by atoms with Gasteiger partial charge < -0.3 is 20.4 Å². The summed E-state index contributed by atoms with van der Waals surface area (Å²) in [4.78, 5) is 24.5. The van der Waals surface area contributed by atoms with Gasteiger partial charge in [-0.25, -0.2) is 9.59 Å². The van der Waals surface area contributed by atoms with Crippen LogP contribution in [0.2, 0.25) is 5.02 Å². The molecule has 2 rings (SSSR count). The highest BCUT2D eigenvalue weighted by molar-refractivity contribution is 6.31. The molecule has 0 spiro atoms. The zero-order valence-corrected chi connectivity index (χ0v) is 12.2. The monoisotopic (exact) mass is 312 g/mol. The van der Waals surface area contributed by atoms with Crippen LogP contribution in [0.25, 0.3) is 0 Å². The number of aliphatic carboxylic acids is 1. The van der Waals surface area contributed by atoms with Crippen molar-refractivity contribution in [3.63, 3.8) is 0 Å². The van der Waals surface area contributed by atoms with E-state index in [1.807, 2.05) is 6.07 Å². The second kappa shape index (κ2) is 6.32. The summed E-state index contributed by atoms with van der Waals surface area (Å²) >= 11 is 6.07. The maximum Gasteiger partial charge on any atom is 0.326 e. The second-order valence-electron chi connectivity index (χ2n) is 5.09. The highest BCUT2D eigenvalue weighted by Crippen LogP contribution is 2.24. The van der Waals surface area contributed by atoms with Crippen molar-refractivity contribution >= 4 is 23.6 Å². The van der Waals surface area contributed by atoms with Crippen LogP contribution in [0.1, 0.15) is 24.9 Å². The van der Waals surface area contributed by atoms with Crippen molar-refractivity contribution in [3.05, 3.63) is 34.9 Å². The van der Waals surface area contributed by atoms with Crippen molar-refractivity contribution in [1.29, 1.82) is 0 Å². The Morgan fingerprint density at radius 2 is 2.10 bits per heavy atom. The molecule has 7 heteroatoms. The number of amides is 2. The Labute approximate surface area is 127 Å². The fourth-order valence-corrected chi connectivity index (χ4v) is 2.74. The van der Waals surface area contributed by atoms with Gasteiger partial charge in [0.25, 0.3) is 0 Å². The number of halogens is 1. The van der Waals surface area contributed by atoms with Crippen molar-refractivity contribution < 1.29 is 19.8 Å². The van der Waals surface area contributed by atoms with Gasteiger partial charge in [-0.2, -0.15) is 0 Å². The average Bonchev–Trinajstić information content (AvgIpc) is 2.81. The summed E-state index contributed by atoms with van der Waals surface area (Å²) in [5.41, 5.74) is 0.749. The van der Waals surface area contributed by atoms with Crippen molar-refractivity contribution in [2.24, 2.45) is 0 Å². The molecule has 1 aliphatic rings. The SMILES string of the molecule is CC(NC(=O)N1C[C@H](O)C[C@@H]1C(=O)O)c1ccccc1Cl. The Kier molecular flexibility index (Phi) is 4.69. The lowest BCUT2D eigenvalue weighted by Gasteiger charge is -2.24. The smallest absolute Gasteiger partial charge is 0.326 e. The Bertz CT molecular complexity index is 552. The Morgan fingerprint density at radius 1 is 1.43 bits per heavy atom. The fourth-order valence-electron chi connectivity index (χ4n) is 2.44. The molecule has 2 amide bonds. The first kappa shape index (κ1) is 15.6. The van der Waals surface area contributed by atoms with Crippen LogP contribution < -0.4 is 5.32 Å². The molecule has 114 valence electrons. The molecule has 1 aromatic rings. The molecular weight excluding hydrogens is 296 g/mol. The van der Waals surface area contributed by atoms with Gasteiger partial charge in [0, 0.05) is 18.0 Å². The normalized spacial score (nSPS) is 22.9. The molecular formula is C14H17ClN2O4. The summed E-state index contributed by atoms with van der Waals surface area (Å²) in [5.74, 6) is -1.12. The highest BCUT2D eigenvalue weighted by atomic mass is 35.5. The van der Waals surface area contributed by atoms with Gasteiger partial charge in [0.1, 0.15) is 6.04 Å². The quantitative estimate of drug-likeness (QED) is 0.791. The maximum atomic E-state index is 12.2. The van der Waals surface area contributed by atoms with Crippen molar-refractivity contribution in [2.75, 3.05) is 6.54 Å². The predicted molar refractivity (Wildman–Crippen MR) is 77.2 cm³/mol. The molecule has 0 bridgehead atoms. The van der Waals surface area contributed by atoms with Crippen LogP contribution in [0.5, 0.6) is 0 Å². The van der Waals surface area contributed by atoms with Gasteiger partial charge in [-0.05, 0) is 18.6 Å². The summed E-state index contributed by atoms with van der Waals surface area (Å²) in [5, 5.41) is 21.9. The number of carboxylic acids is 1. The molecule has 0 radical (unpaired) electrons. The second-order valence-corrected chi connectivity index (χ2v) is 5.50. The van der Waals surface area contributed by atoms with E-state index in [-0.39, 0.29) is 19.0 Å². The number of carbonyl (C=O) groups excluding carboxylic acids is 1. The van der Waals surface area contributed by atoms with E-state index >= 15 is 0 Å². The minimum Gasteiger partial charge on any atom is -0.480 e. The summed E-state index contributed by atoms with van der Waals surface area (Å²) in [7, 11) is 0. The number of aliphatic hydroxyl groups excluding tert-OH is 1. The Balaban J connectivity index is 2.07. The zero-order valence-electron chi connectivity index (χ0n) is 11.5. The molecule has 1 aliphatic heterocycles. The largest absolute Gasteiger partial charge is 0.480 e. The summed E-state index contributed by atoms with van der Waals surface area (Å²) < 4.78 is 0. The number of benzene rings is 1. The van der Waals surface area contributed by atoms with Crippen LogP contribution in [0, 0.1) is 0 Å². The van der Waals surface area contributed by atoms with Gasteiger partial charge in [0.05, 0.1) is 12.1 Å². The minimum atomic E-state index is -1.12. The number of β-amino-alcohol motifs (C(OH)–C–C–N with tert-alkyl or cyclic N) is 1. The van der Waals surface area contributed by atoms with Gasteiger partial charge in [-0.1, -0.05) is 29.8 Å². The topological polar surface area (TPSA) is 89.9 Å². The third-order valence-corrected chi connectivity index (χ3v) is 3.88. The lowest BCUT2D eigenvalue weighted by Crippen LogP contribution is -2.46. The van der Waals surface area contributed by atoms with Gasteiger partial charge in [0.15, 0.2) is 0 Å². The highest BCUT2D eigenvalue weighted by Gasteiger charge is 2.39. The van der Waals surface area contributed by atoms with E-state index in [9.17, 15) is 14.7 Å². The predicted octanol–water partition coefficient (Wildman–Crippen LogP) is 1.63. The average molecular weight is 313 g/mol. The van der Waals surface area contributed by atoms with Crippen molar-refractivity contribution in [3.8, 4) is 0 Å². The van der Waals surface area contributed by atoms with E-state index in [1.165, 1.54) is 0 Å². The van der Waals surface area contributed by atoms with Crippen LogP contribution >= 0.6 is 11.6 Å². The summed E-state index contributed by atoms with van der Waals surface area (Å²) in [6.07, 6.45) is -0.768. The number of rotatable bonds is 3. The van der Waals surface area contributed by atoms with Crippen LogP contribution in [0.3, 0.4) is 0 Å². The molecule has 1 saturated heterocycles. The number of nitrogens with zero attached hydrogens (tertiary/aromatic N) is 1. The zero-order chi connectivity index (χ0) is 15.6. The lowest BCUT2D eigenvalue weighted by molar-refractivity contribution is -0.141. The van der Waals surface area contributed by atoms with Crippen molar-refractivity contribution in [2.45, 2.75) is 31.5 Å². The summed E-state index contributed by atoms with van der Waals surface area (Å²) in [6, 6.07) is 5.23. The number of urea groups is 1. The number of carbonyl (C=O) groups is 2.